The van der Waals surface area contributed by atoms with Crippen LogP contribution in [0.2, 0.25) is 0 Å². The second-order valence-electron chi connectivity index (χ2n) is 7.08. The van der Waals surface area contributed by atoms with Crippen molar-refractivity contribution in [2.45, 2.75) is 31.8 Å². The molecule has 2 aromatic carbocycles. The largest absolute Gasteiger partial charge is 0.339 e. The summed E-state index contributed by atoms with van der Waals surface area (Å²) in [5.74, 6) is 1.75. The van der Waals surface area contributed by atoms with E-state index in [1.165, 1.54) is 16.7 Å². The van der Waals surface area contributed by atoms with E-state index in [1.807, 2.05) is 18.2 Å². The standard InChI is InChI=1S/C21H24N4O/c1-15-7-5-6-10-17(15)11-21-23-20(24-26-21)14-25-12-18(19(22)13-25)16-8-3-2-4-9-16/h2-10,18-19H,11-14,22H2,1H3/t18-,19+/m0/s1. The van der Waals surface area contributed by atoms with E-state index in [-0.39, 0.29) is 6.04 Å². The van der Waals surface area contributed by atoms with E-state index in [2.05, 4.69) is 58.4 Å². The summed E-state index contributed by atoms with van der Waals surface area (Å²) in [4.78, 5) is 6.88. The van der Waals surface area contributed by atoms with E-state index in [0.29, 0.717) is 24.8 Å². The van der Waals surface area contributed by atoms with Gasteiger partial charge in [0.1, 0.15) is 0 Å². The molecule has 2 heterocycles. The monoisotopic (exact) mass is 348 g/mol. The summed E-state index contributed by atoms with van der Waals surface area (Å²) in [6.45, 7) is 4.55. The first-order chi connectivity index (χ1) is 12.7. The Morgan fingerprint density at radius 3 is 2.65 bits per heavy atom. The number of rotatable bonds is 5. The summed E-state index contributed by atoms with van der Waals surface area (Å²) in [6.07, 6.45) is 0.672. The quantitative estimate of drug-likeness (QED) is 0.768. The van der Waals surface area contributed by atoms with Gasteiger partial charge in [0.05, 0.1) is 13.0 Å². The Morgan fingerprint density at radius 2 is 1.85 bits per heavy atom. The SMILES string of the molecule is Cc1ccccc1Cc1nc(CN2C[C@@H](N)[C@H](c3ccccc3)C2)no1. The maximum atomic E-state index is 6.37. The van der Waals surface area contributed by atoms with Gasteiger partial charge in [-0.05, 0) is 23.6 Å². The fourth-order valence-electron chi connectivity index (χ4n) is 3.69. The van der Waals surface area contributed by atoms with Gasteiger partial charge >= 0.3 is 0 Å². The number of nitrogens with zero attached hydrogens (tertiary/aromatic N) is 3. The molecule has 2 N–H and O–H groups in total. The summed E-state index contributed by atoms with van der Waals surface area (Å²) < 4.78 is 5.45. The number of likely N-dealkylation sites (tertiary alicyclic amines) is 1. The molecule has 1 fully saturated rings. The van der Waals surface area contributed by atoms with Crippen LogP contribution < -0.4 is 5.73 Å². The lowest BCUT2D eigenvalue weighted by Gasteiger charge is -2.14. The molecule has 0 spiro atoms. The molecule has 2 atom stereocenters. The van der Waals surface area contributed by atoms with Gasteiger partial charge in [0, 0.05) is 25.0 Å². The molecule has 0 radical (unpaired) electrons. The number of benzene rings is 2. The molecule has 4 rings (SSSR count). The number of hydrogen-bond acceptors (Lipinski definition) is 5. The highest BCUT2D eigenvalue weighted by molar-refractivity contribution is 5.28. The van der Waals surface area contributed by atoms with Crippen LogP contribution in [-0.2, 0) is 13.0 Å². The first kappa shape index (κ1) is 16.9. The van der Waals surface area contributed by atoms with E-state index >= 15 is 0 Å². The Labute approximate surface area is 153 Å². The summed E-state index contributed by atoms with van der Waals surface area (Å²) in [7, 11) is 0. The summed E-state index contributed by atoms with van der Waals surface area (Å²) in [5, 5.41) is 4.16. The first-order valence-electron chi connectivity index (χ1n) is 9.08. The summed E-state index contributed by atoms with van der Waals surface area (Å²) in [6, 6.07) is 18.9. The van der Waals surface area contributed by atoms with Crippen LogP contribution in [0.3, 0.4) is 0 Å². The molecule has 0 bridgehead atoms. The van der Waals surface area contributed by atoms with Crippen LogP contribution in [0, 0.1) is 6.92 Å². The smallest absolute Gasteiger partial charge is 0.231 e. The average molecular weight is 348 g/mol. The lowest BCUT2D eigenvalue weighted by Crippen LogP contribution is -2.28. The second-order valence-corrected chi connectivity index (χ2v) is 7.08. The fraction of sp³-hybridized carbons (Fsp3) is 0.333. The molecule has 1 saturated heterocycles. The van der Waals surface area contributed by atoms with Crippen LogP contribution in [0.5, 0.6) is 0 Å². The van der Waals surface area contributed by atoms with Crippen molar-refractivity contribution in [3.8, 4) is 0 Å². The van der Waals surface area contributed by atoms with E-state index in [1.54, 1.807) is 0 Å². The van der Waals surface area contributed by atoms with Gasteiger partial charge in [-0.15, -0.1) is 0 Å². The van der Waals surface area contributed by atoms with Gasteiger partial charge in [-0.2, -0.15) is 4.98 Å². The Bertz CT molecular complexity index is 861. The third-order valence-electron chi connectivity index (χ3n) is 5.15. The Morgan fingerprint density at radius 1 is 1.08 bits per heavy atom. The molecule has 3 aromatic rings. The highest BCUT2D eigenvalue weighted by Gasteiger charge is 2.31. The van der Waals surface area contributed by atoms with Crippen molar-refractivity contribution in [3.05, 3.63) is 83.0 Å². The Kier molecular flexibility index (Phi) is 4.82. The number of hydrogen-bond donors (Lipinski definition) is 1. The topological polar surface area (TPSA) is 68.2 Å². The molecular formula is C21H24N4O. The van der Waals surface area contributed by atoms with Crippen molar-refractivity contribution in [1.82, 2.24) is 15.0 Å². The molecule has 0 saturated carbocycles. The predicted molar refractivity (Wildman–Crippen MR) is 101 cm³/mol. The third kappa shape index (κ3) is 3.69. The van der Waals surface area contributed by atoms with Gasteiger partial charge in [-0.25, -0.2) is 0 Å². The molecule has 1 aliphatic heterocycles. The van der Waals surface area contributed by atoms with Crippen molar-refractivity contribution in [3.63, 3.8) is 0 Å². The molecule has 26 heavy (non-hydrogen) atoms. The van der Waals surface area contributed by atoms with Crippen LogP contribution in [-0.4, -0.2) is 34.2 Å². The van der Waals surface area contributed by atoms with E-state index < -0.39 is 0 Å². The summed E-state index contributed by atoms with van der Waals surface area (Å²) in [5.41, 5.74) is 10.1. The lowest BCUT2D eigenvalue weighted by molar-refractivity contribution is 0.304. The van der Waals surface area contributed by atoms with Gasteiger partial charge in [-0.1, -0.05) is 59.8 Å². The van der Waals surface area contributed by atoms with Gasteiger partial charge in [0.15, 0.2) is 5.82 Å². The van der Waals surface area contributed by atoms with Gasteiger partial charge < -0.3 is 10.3 Å². The fourth-order valence-corrected chi connectivity index (χ4v) is 3.69. The van der Waals surface area contributed by atoms with E-state index in [4.69, 9.17) is 10.3 Å². The van der Waals surface area contributed by atoms with Crippen LogP contribution in [0.4, 0.5) is 0 Å². The predicted octanol–water partition coefficient (Wildman–Crippen LogP) is 2.90. The van der Waals surface area contributed by atoms with Crippen LogP contribution in [0.25, 0.3) is 0 Å². The highest BCUT2D eigenvalue weighted by atomic mass is 16.5. The van der Waals surface area contributed by atoms with Crippen molar-refractivity contribution in [2.24, 2.45) is 5.73 Å². The minimum absolute atomic E-state index is 0.135. The van der Waals surface area contributed by atoms with E-state index in [9.17, 15) is 0 Å². The normalized spacial score (nSPS) is 20.5. The molecule has 0 unspecified atom stereocenters. The molecule has 1 aromatic heterocycles. The van der Waals surface area contributed by atoms with Crippen LogP contribution in [0.15, 0.2) is 59.1 Å². The van der Waals surface area contributed by atoms with Gasteiger partial charge in [0.25, 0.3) is 0 Å². The van der Waals surface area contributed by atoms with Crippen LogP contribution in [0.1, 0.15) is 34.3 Å². The molecule has 0 aliphatic carbocycles. The zero-order valence-electron chi connectivity index (χ0n) is 15.0. The third-order valence-corrected chi connectivity index (χ3v) is 5.15. The zero-order chi connectivity index (χ0) is 17.9. The Balaban J connectivity index is 1.40. The average Bonchev–Trinajstić information content (AvgIpc) is 3.24. The molecule has 0 amide bonds. The minimum Gasteiger partial charge on any atom is -0.339 e. The second kappa shape index (κ2) is 7.40. The van der Waals surface area contributed by atoms with Crippen molar-refractivity contribution < 1.29 is 4.52 Å². The Hall–Kier alpha value is -2.50. The van der Waals surface area contributed by atoms with Gasteiger partial charge in [0.2, 0.25) is 5.89 Å². The number of aryl methyl sites for hydroxylation is 1. The molecule has 5 heteroatoms. The maximum absolute atomic E-state index is 6.37. The summed E-state index contributed by atoms with van der Waals surface area (Å²) >= 11 is 0. The maximum Gasteiger partial charge on any atom is 0.231 e. The van der Waals surface area contributed by atoms with Crippen LogP contribution >= 0.6 is 0 Å². The number of nitrogens with two attached hydrogens (primary N) is 1. The van der Waals surface area contributed by atoms with E-state index in [0.717, 1.165) is 18.9 Å². The molecule has 134 valence electrons. The van der Waals surface area contributed by atoms with Crippen molar-refractivity contribution >= 4 is 0 Å². The minimum atomic E-state index is 0.135. The molecule has 1 aliphatic rings. The highest BCUT2D eigenvalue weighted by Crippen LogP contribution is 2.27. The molecular weight excluding hydrogens is 324 g/mol. The van der Waals surface area contributed by atoms with Crippen molar-refractivity contribution in [2.75, 3.05) is 13.1 Å². The van der Waals surface area contributed by atoms with Crippen molar-refractivity contribution in [1.29, 1.82) is 0 Å². The lowest BCUT2D eigenvalue weighted by atomic mass is 9.95. The number of aromatic nitrogens is 2. The molecule has 5 nitrogen and oxygen atoms in total. The zero-order valence-corrected chi connectivity index (χ0v) is 15.0. The van der Waals surface area contributed by atoms with Gasteiger partial charge in [-0.3, -0.25) is 4.90 Å². The first-order valence-corrected chi connectivity index (χ1v) is 9.08.